The molecule has 0 N–H and O–H groups in total. The van der Waals surface area contributed by atoms with Gasteiger partial charge in [0.25, 0.3) is 5.56 Å². The maximum atomic E-state index is 12.8. The molecule has 0 radical (unpaired) electrons. The van der Waals surface area contributed by atoms with Crippen molar-refractivity contribution >= 4 is 11.2 Å². The Kier molecular flexibility index (Phi) is 3.90. The maximum absolute atomic E-state index is 12.8. The van der Waals surface area contributed by atoms with Crippen LogP contribution in [0.3, 0.4) is 0 Å². The molecule has 0 fully saturated rings. The third-order valence-corrected chi connectivity index (χ3v) is 3.63. The second-order valence-corrected chi connectivity index (χ2v) is 6.75. The number of hydrogen-bond acceptors (Lipinski definition) is 5. The summed E-state index contributed by atoms with van der Waals surface area (Å²) in [6.45, 7) is 6.45. The van der Waals surface area contributed by atoms with Crippen LogP contribution in [0.25, 0.3) is 11.2 Å². The molecule has 0 bridgehead atoms. The number of pyridine rings is 1. The van der Waals surface area contributed by atoms with Crippen LogP contribution in [0.4, 0.5) is 0 Å². The summed E-state index contributed by atoms with van der Waals surface area (Å²) in [6, 6.07) is 3.72. The van der Waals surface area contributed by atoms with E-state index in [0.29, 0.717) is 5.65 Å². The molecule has 3 aromatic rings. The minimum absolute atomic E-state index is 0.0390. The molecule has 6 nitrogen and oxygen atoms in total. The Morgan fingerprint density at radius 1 is 1.13 bits per heavy atom. The number of aromatic nitrogens is 5. The minimum atomic E-state index is -0.179. The van der Waals surface area contributed by atoms with E-state index in [1.807, 2.05) is 12.1 Å². The normalized spacial score (nSPS) is 13.2. The van der Waals surface area contributed by atoms with Gasteiger partial charge >= 0.3 is 0 Å². The second kappa shape index (κ2) is 5.87. The van der Waals surface area contributed by atoms with Crippen LogP contribution in [-0.2, 0) is 0 Å². The lowest BCUT2D eigenvalue weighted by atomic mass is 9.85. The molecular formula is C17H19N5O. The minimum Gasteiger partial charge on any atom is -0.290 e. The predicted molar refractivity (Wildman–Crippen MR) is 88.0 cm³/mol. The van der Waals surface area contributed by atoms with Gasteiger partial charge in [0.15, 0.2) is 11.2 Å². The van der Waals surface area contributed by atoms with E-state index in [1.54, 1.807) is 23.3 Å². The average Bonchev–Trinajstić information content (AvgIpc) is 2.54. The molecule has 0 saturated heterocycles. The van der Waals surface area contributed by atoms with E-state index < -0.39 is 0 Å². The summed E-state index contributed by atoms with van der Waals surface area (Å²) in [5.41, 5.74) is 1.50. The van der Waals surface area contributed by atoms with Crippen LogP contribution in [-0.4, -0.2) is 24.5 Å². The van der Waals surface area contributed by atoms with Crippen LogP contribution in [0.5, 0.6) is 0 Å². The number of fused-ring (bicyclic) bond motifs is 1. The fraction of sp³-hybridized carbons (Fsp3) is 0.353. The first-order valence-corrected chi connectivity index (χ1v) is 7.53. The maximum Gasteiger partial charge on any atom is 0.282 e. The summed E-state index contributed by atoms with van der Waals surface area (Å²) < 4.78 is 1.64. The van der Waals surface area contributed by atoms with Crippen molar-refractivity contribution in [1.29, 1.82) is 0 Å². The molecule has 1 atom stereocenters. The molecule has 0 saturated carbocycles. The Labute approximate surface area is 134 Å². The molecule has 0 unspecified atom stereocenters. The fourth-order valence-corrected chi connectivity index (χ4v) is 2.62. The molecule has 0 spiro atoms. The fourth-order valence-electron chi connectivity index (χ4n) is 2.62. The lowest BCUT2D eigenvalue weighted by Gasteiger charge is -2.27. The van der Waals surface area contributed by atoms with Gasteiger partial charge in [0, 0.05) is 24.8 Å². The Bertz CT molecular complexity index is 867. The van der Waals surface area contributed by atoms with E-state index in [1.165, 1.54) is 12.4 Å². The van der Waals surface area contributed by atoms with Crippen LogP contribution >= 0.6 is 0 Å². The van der Waals surface area contributed by atoms with Crippen molar-refractivity contribution in [2.45, 2.75) is 33.2 Å². The van der Waals surface area contributed by atoms with E-state index in [2.05, 4.69) is 40.7 Å². The summed E-state index contributed by atoms with van der Waals surface area (Å²) in [4.78, 5) is 29.5. The smallest absolute Gasteiger partial charge is 0.282 e. The van der Waals surface area contributed by atoms with Crippen molar-refractivity contribution in [2.75, 3.05) is 0 Å². The van der Waals surface area contributed by atoms with Crippen molar-refractivity contribution in [1.82, 2.24) is 24.5 Å². The molecule has 0 aliphatic rings. The highest BCUT2D eigenvalue weighted by atomic mass is 16.1. The molecular weight excluding hydrogens is 290 g/mol. The molecule has 0 aliphatic heterocycles. The van der Waals surface area contributed by atoms with Crippen molar-refractivity contribution < 1.29 is 0 Å². The van der Waals surface area contributed by atoms with E-state index in [-0.39, 0.29) is 22.5 Å². The Morgan fingerprint density at radius 2 is 1.91 bits per heavy atom. The van der Waals surface area contributed by atoms with Gasteiger partial charge in [-0.05, 0) is 23.5 Å². The summed E-state index contributed by atoms with van der Waals surface area (Å²) in [5, 5.41) is 0. The second-order valence-electron chi connectivity index (χ2n) is 6.75. The largest absolute Gasteiger partial charge is 0.290 e. The van der Waals surface area contributed by atoms with Crippen LogP contribution in [0.2, 0.25) is 0 Å². The standard InChI is InChI=1S/C17H19N5O/c1-17(2,3)9-13(12-5-4-6-18-10-12)22-11-21-15-14(16(22)23)19-7-8-20-15/h4-8,10-11,13H,9H2,1-3H3/t13-/m1/s1. The third kappa shape index (κ3) is 3.26. The van der Waals surface area contributed by atoms with Gasteiger partial charge in [0.2, 0.25) is 0 Å². The van der Waals surface area contributed by atoms with Crippen LogP contribution < -0.4 is 5.56 Å². The molecule has 118 valence electrons. The van der Waals surface area contributed by atoms with E-state index in [9.17, 15) is 4.79 Å². The van der Waals surface area contributed by atoms with Crippen LogP contribution in [0.1, 0.15) is 38.8 Å². The zero-order chi connectivity index (χ0) is 16.4. The molecule has 23 heavy (non-hydrogen) atoms. The summed E-state index contributed by atoms with van der Waals surface area (Å²) in [6.07, 6.45) is 8.91. The van der Waals surface area contributed by atoms with Gasteiger partial charge in [0.05, 0.1) is 6.04 Å². The van der Waals surface area contributed by atoms with Crippen molar-refractivity contribution in [3.8, 4) is 0 Å². The molecule has 6 heteroatoms. The first-order valence-electron chi connectivity index (χ1n) is 7.53. The Balaban J connectivity index is 2.17. The van der Waals surface area contributed by atoms with E-state index in [4.69, 9.17) is 0 Å². The SMILES string of the molecule is CC(C)(C)C[C@H](c1cccnc1)n1cnc2nccnc2c1=O. The van der Waals surface area contributed by atoms with Gasteiger partial charge in [-0.3, -0.25) is 14.3 Å². The lowest BCUT2D eigenvalue weighted by molar-refractivity contribution is 0.314. The van der Waals surface area contributed by atoms with Gasteiger partial charge in [0.1, 0.15) is 6.33 Å². The van der Waals surface area contributed by atoms with Gasteiger partial charge in [-0.2, -0.15) is 0 Å². The predicted octanol–water partition coefficient (Wildman–Crippen LogP) is 2.61. The van der Waals surface area contributed by atoms with Gasteiger partial charge in [-0.25, -0.2) is 15.0 Å². The highest BCUT2D eigenvalue weighted by Crippen LogP contribution is 2.31. The first kappa shape index (κ1) is 15.3. The van der Waals surface area contributed by atoms with Crippen LogP contribution in [0, 0.1) is 5.41 Å². The molecule has 3 rings (SSSR count). The molecule has 3 heterocycles. The van der Waals surface area contributed by atoms with Crippen LogP contribution in [0.15, 0.2) is 48.0 Å². The highest BCUT2D eigenvalue weighted by Gasteiger charge is 2.24. The summed E-state index contributed by atoms with van der Waals surface area (Å²) in [7, 11) is 0. The van der Waals surface area contributed by atoms with E-state index in [0.717, 1.165) is 12.0 Å². The third-order valence-electron chi connectivity index (χ3n) is 3.63. The summed E-state index contributed by atoms with van der Waals surface area (Å²) in [5.74, 6) is 0. The van der Waals surface area contributed by atoms with Crippen molar-refractivity contribution in [3.63, 3.8) is 0 Å². The monoisotopic (exact) mass is 309 g/mol. The van der Waals surface area contributed by atoms with Gasteiger partial charge in [-0.1, -0.05) is 26.8 Å². The lowest BCUT2D eigenvalue weighted by Crippen LogP contribution is -2.29. The Hall–Kier alpha value is -2.63. The average molecular weight is 309 g/mol. The van der Waals surface area contributed by atoms with Gasteiger partial charge < -0.3 is 0 Å². The summed E-state index contributed by atoms with van der Waals surface area (Å²) >= 11 is 0. The molecule has 0 aliphatic carbocycles. The first-order chi connectivity index (χ1) is 11.0. The zero-order valence-electron chi connectivity index (χ0n) is 13.5. The van der Waals surface area contributed by atoms with E-state index >= 15 is 0 Å². The highest BCUT2D eigenvalue weighted by molar-refractivity contribution is 5.67. The number of nitrogens with zero attached hydrogens (tertiary/aromatic N) is 5. The Morgan fingerprint density at radius 3 is 2.61 bits per heavy atom. The molecule has 3 aromatic heterocycles. The number of hydrogen-bond donors (Lipinski definition) is 0. The molecule has 0 amide bonds. The number of rotatable bonds is 3. The van der Waals surface area contributed by atoms with Gasteiger partial charge in [-0.15, -0.1) is 0 Å². The quantitative estimate of drug-likeness (QED) is 0.743. The topological polar surface area (TPSA) is 73.6 Å². The zero-order valence-corrected chi connectivity index (χ0v) is 13.5. The van der Waals surface area contributed by atoms with Crippen molar-refractivity contribution in [3.05, 3.63) is 59.2 Å². The molecule has 0 aromatic carbocycles. The van der Waals surface area contributed by atoms with Crippen molar-refractivity contribution in [2.24, 2.45) is 5.41 Å².